The Morgan fingerprint density at radius 3 is 2.44 bits per heavy atom. The van der Waals surface area contributed by atoms with Crippen molar-refractivity contribution in [2.45, 2.75) is 0 Å². The first-order valence-corrected chi connectivity index (χ1v) is 7.87. The molecule has 0 N–H and O–H groups in total. The molecule has 1 fully saturated rings. The van der Waals surface area contributed by atoms with E-state index in [4.69, 9.17) is 0 Å². The highest BCUT2D eigenvalue weighted by Gasteiger charge is 2.20. The largest absolute Gasteiger partial charge is 0.352 e. The number of hydrogen-bond acceptors (Lipinski definition) is 6. The zero-order valence-corrected chi connectivity index (χ0v) is 13.5. The normalized spacial score (nSPS) is 14.7. The van der Waals surface area contributed by atoms with E-state index in [9.17, 15) is 14.9 Å². The summed E-state index contributed by atoms with van der Waals surface area (Å²) in [6.07, 6.45) is 4.80. The fourth-order valence-electron chi connectivity index (χ4n) is 2.60. The van der Waals surface area contributed by atoms with Crippen LogP contribution in [0.1, 0.15) is 5.56 Å². The zero-order valence-electron chi connectivity index (χ0n) is 13.5. The molecule has 0 unspecified atom stereocenters. The second-order valence-corrected chi connectivity index (χ2v) is 5.58. The molecule has 8 nitrogen and oxygen atoms in total. The van der Waals surface area contributed by atoms with Gasteiger partial charge in [-0.1, -0.05) is 0 Å². The minimum atomic E-state index is -0.449. The van der Waals surface area contributed by atoms with Gasteiger partial charge in [-0.3, -0.25) is 14.9 Å². The number of piperazine rings is 1. The van der Waals surface area contributed by atoms with Crippen LogP contribution in [-0.2, 0) is 4.79 Å². The molecule has 0 atom stereocenters. The van der Waals surface area contributed by atoms with Gasteiger partial charge in [0.2, 0.25) is 5.91 Å². The Bertz CT molecular complexity index is 769. The highest BCUT2D eigenvalue weighted by atomic mass is 16.6. The van der Waals surface area contributed by atoms with Gasteiger partial charge in [-0.25, -0.2) is 0 Å². The third-order valence-electron chi connectivity index (χ3n) is 4.00. The van der Waals surface area contributed by atoms with E-state index in [1.54, 1.807) is 29.3 Å². The summed E-state index contributed by atoms with van der Waals surface area (Å²) in [6, 6.07) is 9.82. The first kappa shape index (κ1) is 16.6. The van der Waals surface area contributed by atoms with Crippen LogP contribution in [0.4, 0.5) is 11.5 Å². The summed E-state index contributed by atoms with van der Waals surface area (Å²) in [6.45, 7) is 2.63. The van der Waals surface area contributed by atoms with Gasteiger partial charge in [0, 0.05) is 50.6 Å². The third-order valence-corrected chi connectivity index (χ3v) is 4.00. The van der Waals surface area contributed by atoms with Crippen LogP contribution in [-0.4, -0.2) is 52.1 Å². The SMILES string of the molecule is O=C(/C=C/c1ccc([N+](=O)[O-])cc1)N1CCN(c2cccnn2)CC1. The zero-order chi connectivity index (χ0) is 17.6. The quantitative estimate of drug-likeness (QED) is 0.479. The second kappa shape index (κ2) is 7.52. The lowest BCUT2D eigenvalue weighted by Gasteiger charge is -2.34. The molecule has 128 valence electrons. The Hall–Kier alpha value is -3.29. The van der Waals surface area contributed by atoms with Crippen LogP contribution < -0.4 is 4.90 Å². The Morgan fingerprint density at radius 1 is 1.12 bits per heavy atom. The van der Waals surface area contributed by atoms with Crippen LogP contribution in [0, 0.1) is 10.1 Å². The Labute approximate surface area is 144 Å². The van der Waals surface area contributed by atoms with E-state index in [0.717, 1.165) is 11.4 Å². The van der Waals surface area contributed by atoms with Gasteiger partial charge in [0.25, 0.3) is 5.69 Å². The number of nitro groups is 1. The van der Waals surface area contributed by atoms with E-state index in [2.05, 4.69) is 15.1 Å². The Morgan fingerprint density at radius 2 is 1.84 bits per heavy atom. The van der Waals surface area contributed by atoms with Gasteiger partial charge in [0.1, 0.15) is 0 Å². The van der Waals surface area contributed by atoms with Gasteiger partial charge in [-0.05, 0) is 35.9 Å². The standard InChI is InChI=1S/C17H17N5O3/c23-17(8-5-14-3-6-15(7-4-14)22(24)25)21-12-10-20(11-13-21)16-2-1-9-18-19-16/h1-9H,10-13H2/b8-5+. The molecule has 1 aromatic carbocycles. The fourth-order valence-corrected chi connectivity index (χ4v) is 2.60. The van der Waals surface area contributed by atoms with Crippen LogP contribution in [0.25, 0.3) is 6.08 Å². The molecule has 1 saturated heterocycles. The first-order chi connectivity index (χ1) is 12.1. The summed E-state index contributed by atoms with van der Waals surface area (Å²) in [4.78, 5) is 26.3. The third kappa shape index (κ3) is 4.17. The number of non-ortho nitro benzene ring substituents is 1. The van der Waals surface area contributed by atoms with E-state index in [1.807, 2.05) is 12.1 Å². The van der Waals surface area contributed by atoms with Crippen molar-refractivity contribution in [3.63, 3.8) is 0 Å². The van der Waals surface area contributed by atoms with Crippen LogP contribution in [0.5, 0.6) is 0 Å². The molecular weight excluding hydrogens is 322 g/mol. The van der Waals surface area contributed by atoms with Crippen LogP contribution in [0.15, 0.2) is 48.7 Å². The van der Waals surface area contributed by atoms with E-state index < -0.39 is 4.92 Å². The van der Waals surface area contributed by atoms with Crippen molar-refractivity contribution in [1.82, 2.24) is 15.1 Å². The van der Waals surface area contributed by atoms with E-state index in [0.29, 0.717) is 26.2 Å². The molecule has 3 rings (SSSR count). The molecule has 1 aromatic heterocycles. The van der Waals surface area contributed by atoms with Crippen molar-refractivity contribution in [3.05, 3.63) is 64.3 Å². The fraction of sp³-hybridized carbons (Fsp3) is 0.235. The molecule has 0 spiro atoms. The average molecular weight is 339 g/mol. The van der Waals surface area contributed by atoms with Crippen molar-refractivity contribution < 1.29 is 9.72 Å². The smallest absolute Gasteiger partial charge is 0.269 e. The molecule has 2 heterocycles. The van der Waals surface area contributed by atoms with Crippen molar-refractivity contribution >= 4 is 23.5 Å². The molecule has 2 aromatic rings. The molecule has 1 aliphatic rings. The van der Waals surface area contributed by atoms with E-state index in [-0.39, 0.29) is 11.6 Å². The van der Waals surface area contributed by atoms with Crippen LogP contribution in [0.2, 0.25) is 0 Å². The summed E-state index contributed by atoms with van der Waals surface area (Å²) in [5.41, 5.74) is 0.778. The van der Waals surface area contributed by atoms with Gasteiger partial charge in [0.15, 0.2) is 5.82 Å². The first-order valence-electron chi connectivity index (χ1n) is 7.87. The highest BCUT2D eigenvalue weighted by molar-refractivity contribution is 5.92. The number of carbonyl (C=O) groups excluding carboxylic acids is 1. The maximum atomic E-state index is 12.3. The minimum absolute atomic E-state index is 0.0311. The average Bonchev–Trinajstić information content (AvgIpc) is 2.67. The molecule has 8 heteroatoms. The monoisotopic (exact) mass is 339 g/mol. The summed E-state index contributed by atoms with van der Waals surface area (Å²) < 4.78 is 0. The second-order valence-electron chi connectivity index (χ2n) is 5.58. The van der Waals surface area contributed by atoms with Crippen LogP contribution in [0.3, 0.4) is 0 Å². The summed E-state index contributed by atoms with van der Waals surface area (Å²) in [5.74, 6) is 0.744. The van der Waals surface area contributed by atoms with Crippen molar-refractivity contribution in [3.8, 4) is 0 Å². The lowest BCUT2D eigenvalue weighted by atomic mass is 10.2. The van der Waals surface area contributed by atoms with Crippen molar-refractivity contribution in [1.29, 1.82) is 0 Å². The number of aromatic nitrogens is 2. The lowest BCUT2D eigenvalue weighted by Crippen LogP contribution is -2.48. The molecule has 1 aliphatic heterocycles. The number of anilines is 1. The van der Waals surface area contributed by atoms with Gasteiger partial charge < -0.3 is 9.80 Å². The minimum Gasteiger partial charge on any atom is -0.352 e. The summed E-state index contributed by atoms with van der Waals surface area (Å²) in [5, 5.41) is 18.6. The number of nitrogens with zero attached hydrogens (tertiary/aromatic N) is 5. The number of rotatable bonds is 4. The van der Waals surface area contributed by atoms with E-state index in [1.165, 1.54) is 18.2 Å². The predicted molar refractivity (Wildman–Crippen MR) is 93.0 cm³/mol. The number of benzene rings is 1. The summed E-state index contributed by atoms with van der Waals surface area (Å²) >= 11 is 0. The molecule has 0 radical (unpaired) electrons. The molecule has 25 heavy (non-hydrogen) atoms. The number of nitro benzene ring substituents is 1. The maximum absolute atomic E-state index is 12.3. The lowest BCUT2D eigenvalue weighted by molar-refractivity contribution is -0.384. The molecular formula is C17H17N5O3. The highest BCUT2D eigenvalue weighted by Crippen LogP contribution is 2.14. The predicted octanol–water partition coefficient (Wildman–Crippen LogP) is 1.75. The maximum Gasteiger partial charge on any atom is 0.269 e. The number of amides is 1. The summed E-state index contributed by atoms with van der Waals surface area (Å²) in [7, 11) is 0. The molecule has 0 saturated carbocycles. The van der Waals surface area contributed by atoms with Gasteiger partial charge in [0.05, 0.1) is 4.92 Å². The van der Waals surface area contributed by atoms with Crippen molar-refractivity contribution in [2.24, 2.45) is 0 Å². The molecule has 0 bridgehead atoms. The molecule has 1 amide bonds. The van der Waals surface area contributed by atoms with Crippen molar-refractivity contribution in [2.75, 3.05) is 31.1 Å². The van der Waals surface area contributed by atoms with Crippen LogP contribution >= 0.6 is 0 Å². The van der Waals surface area contributed by atoms with E-state index >= 15 is 0 Å². The van der Waals surface area contributed by atoms with Gasteiger partial charge >= 0.3 is 0 Å². The number of carbonyl (C=O) groups is 1. The topological polar surface area (TPSA) is 92.5 Å². The Kier molecular flexibility index (Phi) is 4.98. The van der Waals surface area contributed by atoms with Gasteiger partial charge in [-0.2, -0.15) is 5.10 Å². The number of hydrogen-bond donors (Lipinski definition) is 0. The Balaban J connectivity index is 1.55. The molecule has 0 aliphatic carbocycles. The van der Waals surface area contributed by atoms with Gasteiger partial charge in [-0.15, -0.1) is 5.10 Å².